The Labute approximate surface area is 354 Å². The van der Waals surface area contributed by atoms with Crippen LogP contribution in [0.3, 0.4) is 0 Å². The molecule has 0 radical (unpaired) electrons. The van der Waals surface area contributed by atoms with Gasteiger partial charge in [-0.25, -0.2) is 9.78 Å². The number of rotatable bonds is 12. The van der Waals surface area contributed by atoms with Gasteiger partial charge in [0.2, 0.25) is 0 Å². The minimum atomic E-state index is -4.52. The molecule has 7 heterocycles. The van der Waals surface area contributed by atoms with Gasteiger partial charge in [0.05, 0.1) is 33.2 Å². The molecule has 0 aromatic carbocycles. The van der Waals surface area contributed by atoms with Crippen LogP contribution in [-0.4, -0.2) is 64.2 Å². The summed E-state index contributed by atoms with van der Waals surface area (Å²) in [4.78, 5) is 60.5. The van der Waals surface area contributed by atoms with Crippen LogP contribution >= 0.6 is 23.6 Å². The normalized spacial score (nSPS) is 10.4. The smallest absolute Gasteiger partial charge is 0.753 e. The van der Waals surface area contributed by atoms with E-state index >= 15 is 0 Å². The van der Waals surface area contributed by atoms with Crippen molar-refractivity contribution in [2.75, 3.05) is 0 Å². The second kappa shape index (κ2) is 21.3. The van der Waals surface area contributed by atoms with Gasteiger partial charge in [-0.3, -0.25) is 34.5 Å². The number of nitrogens with zero attached hydrogens (tertiary/aromatic N) is 9. The maximum absolute atomic E-state index is 12.7. The molecule has 0 unspecified atom stereocenters. The van der Waals surface area contributed by atoms with E-state index in [1.54, 1.807) is 36.0 Å². The van der Waals surface area contributed by atoms with Crippen LogP contribution in [0.15, 0.2) is 85.6 Å². The van der Waals surface area contributed by atoms with Crippen molar-refractivity contribution in [1.29, 1.82) is 0 Å². The number of carboxylic acid groups (broad SMARTS) is 1. The second-order valence-electron chi connectivity index (χ2n) is 11.5. The molecule has 7 aromatic rings. The summed E-state index contributed by atoms with van der Waals surface area (Å²) in [6.07, 6.45) is 6.30. The molecule has 21 heteroatoms. The third kappa shape index (κ3) is 11.8. The van der Waals surface area contributed by atoms with Crippen LogP contribution in [0.5, 0.6) is 11.5 Å². The zero-order chi connectivity index (χ0) is 41.7. The van der Waals surface area contributed by atoms with E-state index in [1.807, 2.05) is 6.07 Å². The Balaban J connectivity index is 0.000000241. The summed E-state index contributed by atoms with van der Waals surface area (Å²) >= 11 is 5.33. The Kier molecular flexibility index (Phi) is 16.3. The van der Waals surface area contributed by atoms with E-state index in [-0.39, 0.29) is 66.6 Å². The first-order valence-corrected chi connectivity index (χ1v) is 17.9. The Morgan fingerprint density at radius 3 is 2.08 bits per heavy atom. The van der Waals surface area contributed by atoms with Gasteiger partial charge < -0.3 is 30.2 Å². The second-order valence-corrected chi connectivity index (χ2v) is 12.7. The van der Waals surface area contributed by atoms with Crippen molar-refractivity contribution in [3.63, 3.8) is 0 Å². The number of unbranched alkanes of at least 4 members (excludes halogenated alkanes) is 1. The van der Waals surface area contributed by atoms with E-state index in [2.05, 4.69) is 59.2 Å². The number of aryl methyl sites for hydroxylation is 1. The number of halogens is 3. The first-order chi connectivity index (χ1) is 28.0. The molecule has 1 N–H and O–H groups in total. The molecule has 0 fully saturated rings. The topological polar surface area (TPSA) is 217 Å². The SMILES string of the molecule is CCCCc1sc(-c2ccc(-c3cc(C(F)(F)F)n[n-]3)nc2)c2nccnc12.O=COc1ccnc(-c2cc(OC=O)cc(-c3cc(C(=O)O)ccn3)n2)c1.[N-]=C=S.[Ru+2]. The molecule has 0 aliphatic carbocycles. The van der Waals surface area contributed by atoms with Gasteiger partial charge in [0.15, 0.2) is 0 Å². The van der Waals surface area contributed by atoms with E-state index in [4.69, 9.17) is 20.0 Å². The molecule has 0 bridgehead atoms. The number of aromatic carboxylic acids is 1. The third-order valence-electron chi connectivity index (χ3n) is 7.71. The summed E-state index contributed by atoms with van der Waals surface area (Å²) in [6.45, 7) is 2.68. The molecule has 15 nitrogen and oxygen atoms in total. The molecule has 0 aliphatic rings. The molecule has 0 amide bonds. The van der Waals surface area contributed by atoms with E-state index < -0.39 is 17.8 Å². The molecular weight excluding hydrogens is 901 g/mol. The average Bonchev–Trinajstić information content (AvgIpc) is 3.88. The monoisotopic (exact) mass is 927 g/mol. The number of isothiocyanates is 1. The van der Waals surface area contributed by atoms with Crippen molar-refractivity contribution < 1.29 is 61.6 Å². The van der Waals surface area contributed by atoms with Gasteiger partial charge in [0, 0.05) is 65.3 Å². The van der Waals surface area contributed by atoms with Crippen LogP contribution in [0.2, 0.25) is 0 Å². The van der Waals surface area contributed by atoms with Gasteiger partial charge in [0.25, 0.3) is 12.9 Å². The maximum Gasteiger partial charge on any atom is 2.00 e. The fourth-order valence-corrected chi connectivity index (χ4v) is 6.37. The molecule has 0 atom stereocenters. The van der Waals surface area contributed by atoms with Gasteiger partial charge in [-0.15, -0.1) is 11.3 Å². The van der Waals surface area contributed by atoms with Gasteiger partial charge in [-0.05, 0) is 49.2 Å². The Hall–Kier alpha value is -6.53. The average molecular weight is 927 g/mol. The van der Waals surface area contributed by atoms with Gasteiger partial charge in [-0.2, -0.15) is 18.3 Å². The maximum atomic E-state index is 12.7. The zero-order valence-corrected chi connectivity index (χ0v) is 33.5. The minimum absolute atomic E-state index is 0. The van der Waals surface area contributed by atoms with Crippen molar-refractivity contribution >= 4 is 58.7 Å². The largest absolute Gasteiger partial charge is 2.00 e. The number of thiophene rings is 1. The summed E-state index contributed by atoms with van der Waals surface area (Å²) in [5.74, 6) is -0.693. The molecule has 300 valence electrons. The van der Waals surface area contributed by atoms with Crippen LogP contribution < -0.4 is 14.6 Å². The molecule has 0 saturated carbocycles. The third-order valence-corrected chi connectivity index (χ3v) is 8.98. The summed E-state index contributed by atoms with van der Waals surface area (Å²) in [6, 6.07) is 12.9. The van der Waals surface area contributed by atoms with Crippen LogP contribution in [0, 0.1) is 0 Å². The van der Waals surface area contributed by atoms with E-state index in [1.165, 1.54) is 58.8 Å². The number of carboxylic acids is 1. The number of carbonyl (C=O) groups excluding carboxylic acids is 2. The first-order valence-electron chi connectivity index (χ1n) is 16.7. The van der Waals surface area contributed by atoms with Crippen LogP contribution in [0.4, 0.5) is 13.2 Å². The summed E-state index contributed by atoms with van der Waals surface area (Å²) < 4.78 is 47.8. The van der Waals surface area contributed by atoms with Gasteiger partial charge in [-0.1, -0.05) is 31.3 Å². The number of carbonyl (C=O) groups is 3. The zero-order valence-electron chi connectivity index (χ0n) is 30.2. The number of thiocarbonyl (C=S) groups is 1. The van der Waals surface area contributed by atoms with Crippen molar-refractivity contribution in [2.24, 2.45) is 0 Å². The predicted molar refractivity (Wildman–Crippen MR) is 208 cm³/mol. The number of hydrogen-bond donors (Lipinski definition) is 1. The Bertz CT molecular complexity index is 2590. The molecule has 7 aromatic heterocycles. The Morgan fingerprint density at radius 1 is 0.864 bits per heavy atom. The number of aromatic nitrogens is 8. The van der Waals surface area contributed by atoms with Crippen molar-refractivity contribution in [1.82, 2.24) is 40.1 Å². The Morgan fingerprint density at radius 2 is 1.49 bits per heavy atom. The van der Waals surface area contributed by atoms with Crippen LogP contribution in [0.25, 0.3) is 61.0 Å². The quantitative estimate of drug-likeness (QED) is 0.0536. The molecule has 0 aliphatic heterocycles. The van der Waals surface area contributed by atoms with Crippen LogP contribution in [0.1, 0.15) is 40.7 Å². The van der Waals surface area contributed by atoms with E-state index in [0.29, 0.717) is 17.1 Å². The molecule has 0 spiro atoms. The number of pyridine rings is 4. The predicted octanol–water partition coefficient (Wildman–Crippen LogP) is 7.76. The molecular formula is C38H26F3N9O6RuS2. The van der Waals surface area contributed by atoms with Gasteiger partial charge in [0.1, 0.15) is 28.2 Å². The molecule has 7 rings (SSSR count). The standard InChI is InChI=1S/C19H15F3N5S.C18H11N3O6.CNS.Ru/c1-2-3-4-14-16-17(24-8-7-23-16)18(28-14)11-5-6-12(25-10-11)13-9-15(27-26-13)19(20,21)22;22-9-26-12-2-4-20-15(6-12)17-8-13(27-10-23)7-16(21-17)14-5-11(18(24)25)1-3-19-14;2-1-3;/h5-10H,2-4H2,1H3;1-10H,(H,24,25);;/q-1;;-1;+2. The number of hydrogen-bond acceptors (Lipinski definition) is 14. The number of fused-ring (bicyclic) bond motifs is 1. The van der Waals surface area contributed by atoms with E-state index in [9.17, 15) is 27.6 Å². The number of alkyl halides is 3. The summed E-state index contributed by atoms with van der Waals surface area (Å²) in [5.41, 5.74) is 3.21. The van der Waals surface area contributed by atoms with E-state index in [0.717, 1.165) is 46.8 Å². The van der Waals surface area contributed by atoms with Crippen molar-refractivity contribution in [3.8, 4) is 56.1 Å². The van der Waals surface area contributed by atoms with Crippen LogP contribution in [-0.2, 0) is 41.7 Å². The van der Waals surface area contributed by atoms with Crippen molar-refractivity contribution in [2.45, 2.75) is 32.4 Å². The molecule has 0 saturated heterocycles. The van der Waals surface area contributed by atoms with Crippen molar-refractivity contribution in [3.05, 3.63) is 107 Å². The van der Waals surface area contributed by atoms with Gasteiger partial charge >= 0.3 is 31.6 Å². The summed E-state index contributed by atoms with van der Waals surface area (Å²) in [5, 5.41) is 24.4. The fraction of sp³-hybridized carbons (Fsp3) is 0.132. The minimum Gasteiger partial charge on any atom is -0.753 e. The summed E-state index contributed by atoms with van der Waals surface area (Å²) in [7, 11) is 0. The fourth-order valence-electron chi connectivity index (χ4n) is 5.14. The number of ether oxygens (including phenoxy) is 2. The first kappa shape index (κ1) is 45.2. The molecule has 59 heavy (non-hydrogen) atoms.